The zero-order valence-electron chi connectivity index (χ0n) is 15.6. The summed E-state index contributed by atoms with van der Waals surface area (Å²) in [5.41, 5.74) is 1.89. The Bertz CT molecular complexity index is 785. The van der Waals surface area contributed by atoms with E-state index in [1.807, 2.05) is 13.8 Å². The first-order valence-corrected chi connectivity index (χ1v) is 8.19. The normalized spacial score (nSPS) is 10.7. The third kappa shape index (κ3) is 3.54. The maximum Gasteiger partial charge on any atom is 0.168 e. The number of ether oxygens (including phenoxy) is 3. The van der Waals surface area contributed by atoms with E-state index in [1.54, 1.807) is 25.3 Å². The van der Waals surface area contributed by atoms with E-state index in [-0.39, 0.29) is 23.7 Å². The van der Waals surface area contributed by atoms with E-state index in [9.17, 15) is 15.0 Å². The molecule has 0 unspecified atom stereocenters. The molecule has 0 saturated carbocycles. The molecular weight excluding hydrogens is 336 g/mol. The van der Waals surface area contributed by atoms with Gasteiger partial charge in [0.2, 0.25) is 0 Å². The van der Waals surface area contributed by atoms with Crippen LogP contribution in [0.25, 0.3) is 0 Å². The Labute approximate surface area is 152 Å². The average molecular weight is 360 g/mol. The number of aromatic hydroxyl groups is 2. The molecule has 0 aliphatic heterocycles. The number of hydrogen-bond donors (Lipinski definition) is 2. The number of carbonyl (C=O) groups excluding carboxylic acids is 1. The topological polar surface area (TPSA) is 85.2 Å². The van der Waals surface area contributed by atoms with E-state index in [1.165, 1.54) is 14.2 Å². The van der Waals surface area contributed by atoms with E-state index in [2.05, 4.69) is 0 Å². The molecule has 0 aliphatic carbocycles. The van der Waals surface area contributed by atoms with E-state index >= 15 is 0 Å². The maximum absolute atomic E-state index is 11.5. The van der Waals surface area contributed by atoms with Crippen LogP contribution in [0.4, 0.5) is 0 Å². The molecule has 6 nitrogen and oxygen atoms in total. The average Bonchev–Trinajstić information content (AvgIpc) is 2.64. The molecule has 0 aliphatic rings. The van der Waals surface area contributed by atoms with Gasteiger partial charge in [-0.1, -0.05) is 19.9 Å². The Morgan fingerprint density at radius 3 is 1.96 bits per heavy atom. The second-order valence-electron chi connectivity index (χ2n) is 6.20. The Hall–Kier alpha value is -2.89. The fourth-order valence-electron chi connectivity index (χ4n) is 2.91. The molecule has 2 N–H and O–H groups in total. The first kappa shape index (κ1) is 19.4. The number of carbonyl (C=O) groups is 1. The van der Waals surface area contributed by atoms with Gasteiger partial charge >= 0.3 is 0 Å². The van der Waals surface area contributed by atoms with Crippen LogP contribution in [0.1, 0.15) is 46.8 Å². The van der Waals surface area contributed by atoms with Gasteiger partial charge in [0.05, 0.1) is 26.9 Å². The summed E-state index contributed by atoms with van der Waals surface area (Å²) in [6, 6.07) is 5.18. The van der Waals surface area contributed by atoms with E-state index < -0.39 is 5.75 Å². The van der Waals surface area contributed by atoms with Gasteiger partial charge in [0, 0.05) is 29.7 Å². The smallest absolute Gasteiger partial charge is 0.168 e. The van der Waals surface area contributed by atoms with Crippen LogP contribution in [0.3, 0.4) is 0 Å². The van der Waals surface area contributed by atoms with Crippen molar-refractivity contribution in [1.29, 1.82) is 0 Å². The van der Waals surface area contributed by atoms with Gasteiger partial charge in [-0.2, -0.15) is 0 Å². The molecule has 0 saturated heterocycles. The summed E-state index contributed by atoms with van der Waals surface area (Å²) in [6.45, 7) is 3.79. The largest absolute Gasteiger partial charge is 0.504 e. The predicted molar refractivity (Wildman–Crippen MR) is 98.2 cm³/mol. The van der Waals surface area contributed by atoms with Crippen LogP contribution in [-0.2, 0) is 6.42 Å². The summed E-state index contributed by atoms with van der Waals surface area (Å²) in [5, 5.41) is 20.4. The van der Waals surface area contributed by atoms with Crippen molar-refractivity contribution in [3.8, 4) is 28.7 Å². The first-order chi connectivity index (χ1) is 12.4. The molecular formula is C20H24O6. The van der Waals surface area contributed by atoms with E-state index in [0.29, 0.717) is 40.2 Å². The number of phenolic OH excluding ortho intramolecular Hbond substituents is 2. The van der Waals surface area contributed by atoms with Crippen LogP contribution in [-0.4, -0.2) is 37.8 Å². The van der Waals surface area contributed by atoms with Crippen LogP contribution in [0.15, 0.2) is 18.2 Å². The lowest BCUT2D eigenvalue weighted by molar-refractivity contribution is 0.111. The maximum atomic E-state index is 11.5. The van der Waals surface area contributed by atoms with E-state index in [4.69, 9.17) is 14.2 Å². The number of aldehydes is 1. The van der Waals surface area contributed by atoms with Crippen LogP contribution in [0, 0.1) is 0 Å². The number of methoxy groups -OCH3 is 3. The van der Waals surface area contributed by atoms with Crippen molar-refractivity contribution in [3.63, 3.8) is 0 Å². The number of hydrogen-bond acceptors (Lipinski definition) is 6. The van der Waals surface area contributed by atoms with Crippen LogP contribution >= 0.6 is 0 Å². The summed E-state index contributed by atoms with van der Waals surface area (Å²) in [4.78, 5) is 11.5. The van der Waals surface area contributed by atoms with Crippen LogP contribution in [0.5, 0.6) is 28.7 Å². The third-order valence-electron chi connectivity index (χ3n) is 4.35. The van der Waals surface area contributed by atoms with Gasteiger partial charge in [0.15, 0.2) is 17.8 Å². The van der Waals surface area contributed by atoms with Crippen LogP contribution < -0.4 is 14.2 Å². The van der Waals surface area contributed by atoms with Crippen molar-refractivity contribution < 1.29 is 29.2 Å². The number of benzene rings is 2. The molecule has 2 aromatic rings. The lowest BCUT2D eigenvalue weighted by atomic mass is 9.91. The fraction of sp³-hybridized carbons (Fsp3) is 0.350. The Morgan fingerprint density at radius 2 is 1.54 bits per heavy atom. The van der Waals surface area contributed by atoms with Gasteiger partial charge in [-0.15, -0.1) is 0 Å². The lowest BCUT2D eigenvalue weighted by Crippen LogP contribution is -2.03. The van der Waals surface area contributed by atoms with Gasteiger partial charge in [-0.25, -0.2) is 0 Å². The molecule has 0 bridgehead atoms. The zero-order chi connectivity index (χ0) is 19.4. The molecule has 0 spiro atoms. The zero-order valence-corrected chi connectivity index (χ0v) is 15.6. The Morgan fingerprint density at radius 1 is 0.962 bits per heavy atom. The van der Waals surface area contributed by atoms with Crippen LogP contribution in [0.2, 0.25) is 0 Å². The highest BCUT2D eigenvalue weighted by Gasteiger charge is 2.21. The Balaban J connectivity index is 2.66. The van der Waals surface area contributed by atoms with Crippen molar-refractivity contribution in [2.24, 2.45) is 0 Å². The SMILES string of the molecule is COc1cc(OC)c(Cc2cc(C(C)C)c(O)c(O)c2C=O)c(OC)c1. The molecule has 2 rings (SSSR count). The number of rotatable bonds is 7. The van der Waals surface area contributed by atoms with Gasteiger partial charge in [-0.3, -0.25) is 4.79 Å². The van der Waals surface area contributed by atoms with Gasteiger partial charge in [0.25, 0.3) is 0 Å². The quantitative estimate of drug-likeness (QED) is 0.579. The fourth-order valence-corrected chi connectivity index (χ4v) is 2.91. The molecule has 0 aromatic heterocycles. The molecule has 0 fully saturated rings. The van der Waals surface area contributed by atoms with Crippen molar-refractivity contribution in [2.45, 2.75) is 26.2 Å². The highest BCUT2D eigenvalue weighted by atomic mass is 16.5. The minimum atomic E-state index is -0.410. The molecule has 2 aromatic carbocycles. The van der Waals surface area contributed by atoms with Crippen molar-refractivity contribution in [1.82, 2.24) is 0 Å². The third-order valence-corrected chi connectivity index (χ3v) is 4.35. The molecule has 0 atom stereocenters. The summed E-state index contributed by atoms with van der Waals surface area (Å²) in [6.07, 6.45) is 0.814. The van der Waals surface area contributed by atoms with Gasteiger partial charge < -0.3 is 24.4 Å². The molecule has 0 radical (unpaired) electrons. The molecule has 140 valence electrons. The minimum Gasteiger partial charge on any atom is -0.504 e. The first-order valence-electron chi connectivity index (χ1n) is 8.19. The highest BCUT2D eigenvalue weighted by Crippen LogP contribution is 2.41. The van der Waals surface area contributed by atoms with E-state index in [0.717, 1.165) is 0 Å². The standard InChI is InChI=1S/C20H24O6/c1-11(2)14-6-12(16(10-21)20(23)19(14)22)7-15-17(25-4)8-13(24-3)9-18(15)26-5/h6,8-11,22-23H,7H2,1-5H3. The second-order valence-corrected chi connectivity index (χ2v) is 6.20. The second kappa shape index (κ2) is 7.99. The summed E-state index contributed by atoms with van der Waals surface area (Å²) in [7, 11) is 4.61. The molecule has 0 amide bonds. The van der Waals surface area contributed by atoms with Gasteiger partial charge in [0.1, 0.15) is 17.2 Å². The summed E-state index contributed by atoms with van der Waals surface area (Å²) >= 11 is 0. The van der Waals surface area contributed by atoms with Crippen molar-refractivity contribution >= 4 is 6.29 Å². The summed E-state index contributed by atoms with van der Waals surface area (Å²) in [5.74, 6) is 0.954. The monoisotopic (exact) mass is 360 g/mol. The predicted octanol–water partition coefficient (Wildman–Crippen LogP) is 3.65. The number of phenols is 2. The van der Waals surface area contributed by atoms with Crippen molar-refractivity contribution in [3.05, 3.63) is 40.5 Å². The van der Waals surface area contributed by atoms with Gasteiger partial charge in [-0.05, 0) is 11.5 Å². The van der Waals surface area contributed by atoms with Crippen molar-refractivity contribution in [2.75, 3.05) is 21.3 Å². The minimum absolute atomic E-state index is 0.0278. The highest BCUT2D eigenvalue weighted by molar-refractivity contribution is 5.84. The Kier molecular flexibility index (Phi) is 5.97. The molecule has 26 heavy (non-hydrogen) atoms. The molecule has 6 heteroatoms. The lowest BCUT2D eigenvalue weighted by Gasteiger charge is -2.18. The molecule has 0 heterocycles. The summed E-state index contributed by atoms with van der Waals surface area (Å²) < 4.78 is 16.1.